The van der Waals surface area contributed by atoms with Gasteiger partial charge in [0.05, 0.1) is 7.11 Å². The first-order valence-corrected chi connectivity index (χ1v) is 5.94. The average Bonchev–Trinajstić information content (AvgIpc) is 2.37. The first-order chi connectivity index (χ1) is 8.23. The minimum atomic E-state index is 0.866. The zero-order valence-electron chi connectivity index (χ0n) is 11.0. The molecule has 90 valence electrons. The van der Waals surface area contributed by atoms with E-state index in [9.17, 15) is 0 Å². The molecule has 0 heterocycles. The number of hydrogen-bond donors (Lipinski definition) is 0. The molecule has 0 atom stereocenters. The van der Waals surface area contributed by atoms with Crippen molar-refractivity contribution in [2.24, 2.45) is 0 Å². The van der Waals surface area contributed by atoms with Crippen LogP contribution in [0.5, 0.6) is 5.75 Å². The summed E-state index contributed by atoms with van der Waals surface area (Å²) in [4.78, 5) is 0. The van der Waals surface area contributed by atoms with Crippen LogP contribution in [0.25, 0.3) is 12.2 Å². The summed E-state index contributed by atoms with van der Waals surface area (Å²) in [5.74, 6) is 0.866. The van der Waals surface area contributed by atoms with Gasteiger partial charge in [-0.05, 0) is 36.1 Å². The molecule has 0 aromatic heterocycles. The normalized spacial score (nSPS) is 9.59. The minimum absolute atomic E-state index is 0.866. The third kappa shape index (κ3) is 2.51. The Morgan fingerprint density at radius 2 is 2.06 bits per heavy atom. The summed E-state index contributed by atoms with van der Waals surface area (Å²) in [6.45, 7) is 11.8. The molecule has 1 rings (SSSR count). The van der Waals surface area contributed by atoms with Crippen molar-refractivity contribution >= 4 is 12.2 Å². The Kier molecular flexibility index (Phi) is 4.81. The first-order valence-electron chi connectivity index (χ1n) is 5.94. The van der Waals surface area contributed by atoms with E-state index in [-0.39, 0.29) is 0 Å². The van der Waals surface area contributed by atoms with Crippen molar-refractivity contribution in [3.05, 3.63) is 47.2 Å². The van der Waals surface area contributed by atoms with Crippen molar-refractivity contribution in [3.63, 3.8) is 0 Å². The number of methoxy groups -OCH3 is 1. The molecule has 17 heavy (non-hydrogen) atoms. The fourth-order valence-electron chi connectivity index (χ4n) is 2.17. The summed E-state index contributed by atoms with van der Waals surface area (Å²) in [5, 5.41) is 0. The highest BCUT2D eigenvalue weighted by Gasteiger charge is 2.13. The molecule has 0 aliphatic rings. The molecule has 0 aliphatic carbocycles. The van der Waals surface area contributed by atoms with E-state index < -0.39 is 0 Å². The fraction of sp³-hybridized carbons (Fsp3) is 0.312. The molecular formula is C16H20O. The number of benzene rings is 1. The standard InChI is InChI=1S/C16H20O/c1-6-10-15-14(9-4)12(7-2)11-13(8-3)16(15)17-5/h8,10-11H,1,3,7,9H2,2,4-5H3. The van der Waals surface area contributed by atoms with E-state index in [2.05, 4.69) is 38.8 Å². The van der Waals surface area contributed by atoms with Crippen LogP contribution < -0.4 is 4.74 Å². The van der Waals surface area contributed by atoms with Gasteiger partial charge in [-0.1, -0.05) is 33.1 Å². The molecule has 0 saturated carbocycles. The van der Waals surface area contributed by atoms with E-state index in [0.29, 0.717) is 0 Å². The number of hydrogen-bond acceptors (Lipinski definition) is 1. The smallest absolute Gasteiger partial charge is 0.134 e. The van der Waals surface area contributed by atoms with E-state index in [1.54, 1.807) is 7.11 Å². The molecular weight excluding hydrogens is 208 g/mol. The lowest BCUT2D eigenvalue weighted by Crippen LogP contribution is -2.01. The second kappa shape index (κ2) is 6.12. The van der Waals surface area contributed by atoms with Crippen LogP contribution in [0.2, 0.25) is 0 Å². The van der Waals surface area contributed by atoms with Crippen molar-refractivity contribution in [1.29, 1.82) is 0 Å². The van der Waals surface area contributed by atoms with Gasteiger partial charge in [-0.15, -0.1) is 5.73 Å². The maximum Gasteiger partial charge on any atom is 0.134 e. The van der Waals surface area contributed by atoms with E-state index in [0.717, 1.165) is 29.7 Å². The predicted molar refractivity (Wildman–Crippen MR) is 75.4 cm³/mol. The lowest BCUT2D eigenvalue weighted by Gasteiger charge is -2.16. The van der Waals surface area contributed by atoms with Crippen LogP contribution in [0.4, 0.5) is 0 Å². The van der Waals surface area contributed by atoms with Gasteiger partial charge in [-0.3, -0.25) is 0 Å². The van der Waals surface area contributed by atoms with Crippen molar-refractivity contribution in [3.8, 4) is 5.75 Å². The van der Waals surface area contributed by atoms with Crippen LogP contribution >= 0.6 is 0 Å². The second-order valence-corrected chi connectivity index (χ2v) is 3.81. The molecule has 0 N–H and O–H groups in total. The van der Waals surface area contributed by atoms with E-state index in [1.807, 2.05) is 12.2 Å². The highest BCUT2D eigenvalue weighted by molar-refractivity contribution is 5.71. The third-order valence-electron chi connectivity index (χ3n) is 2.95. The van der Waals surface area contributed by atoms with Gasteiger partial charge in [-0.2, -0.15) is 0 Å². The summed E-state index contributed by atoms with van der Waals surface area (Å²) in [6.07, 6.45) is 5.71. The monoisotopic (exact) mass is 228 g/mol. The summed E-state index contributed by atoms with van der Waals surface area (Å²) in [5.41, 5.74) is 7.61. The van der Waals surface area contributed by atoms with E-state index in [1.165, 1.54) is 11.1 Å². The second-order valence-electron chi connectivity index (χ2n) is 3.81. The zero-order valence-corrected chi connectivity index (χ0v) is 11.0. The molecule has 0 bridgehead atoms. The maximum absolute atomic E-state index is 5.49. The average molecular weight is 228 g/mol. The van der Waals surface area contributed by atoms with Gasteiger partial charge in [0.25, 0.3) is 0 Å². The van der Waals surface area contributed by atoms with Gasteiger partial charge in [0.1, 0.15) is 5.75 Å². The van der Waals surface area contributed by atoms with Crippen molar-refractivity contribution in [2.45, 2.75) is 26.7 Å². The Hall–Kier alpha value is -1.72. The topological polar surface area (TPSA) is 9.23 Å². The Balaban J connectivity index is 3.68. The summed E-state index contributed by atoms with van der Waals surface area (Å²) in [6, 6.07) is 2.16. The molecule has 1 aromatic carbocycles. The Bertz CT molecular complexity index is 463. The summed E-state index contributed by atoms with van der Waals surface area (Å²) >= 11 is 0. The molecule has 1 nitrogen and oxygen atoms in total. The van der Waals surface area contributed by atoms with Crippen LogP contribution in [0.1, 0.15) is 36.1 Å². The lowest BCUT2D eigenvalue weighted by molar-refractivity contribution is 0.412. The molecule has 1 aromatic rings. The quantitative estimate of drug-likeness (QED) is 0.684. The maximum atomic E-state index is 5.49. The Labute approximate surface area is 104 Å². The fourth-order valence-corrected chi connectivity index (χ4v) is 2.17. The van der Waals surface area contributed by atoms with Crippen molar-refractivity contribution in [2.75, 3.05) is 7.11 Å². The molecule has 1 heteroatoms. The van der Waals surface area contributed by atoms with Crippen LogP contribution in [-0.2, 0) is 12.8 Å². The Morgan fingerprint density at radius 3 is 2.47 bits per heavy atom. The van der Waals surface area contributed by atoms with Gasteiger partial charge in [-0.25, -0.2) is 0 Å². The minimum Gasteiger partial charge on any atom is -0.495 e. The van der Waals surface area contributed by atoms with Gasteiger partial charge in [0, 0.05) is 11.1 Å². The van der Waals surface area contributed by atoms with Gasteiger partial charge in [0.2, 0.25) is 0 Å². The summed E-state index contributed by atoms with van der Waals surface area (Å²) in [7, 11) is 1.69. The van der Waals surface area contributed by atoms with Gasteiger partial charge < -0.3 is 4.74 Å². The molecule has 0 fully saturated rings. The molecule has 0 amide bonds. The zero-order chi connectivity index (χ0) is 12.8. The van der Waals surface area contributed by atoms with E-state index in [4.69, 9.17) is 4.74 Å². The molecule has 0 spiro atoms. The van der Waals surface area contributed by atoms with Crippen molar-refractivity contribution in [1.82, 2.24) is 0 Å². The van der Waals surface area contributed by atoms with Gasteiger partial charge in [0.15, 0.2) is 0 Å². The van der Waals surface area contributed by atoms with Crippen LogP contribution in [-0.4, -0.2) is 7.11 Å². The largest absolute Gasteiger partial charge is 0.495 e. The van der Waals surface area contributed by atoms with Crippen molar-refractivity contribution < 1.29 is 4.74 Å². The van der Waals surface area contributed by atoms with Crippen LogP contribution in [0.3, 0.4) is 0 Å². The molecule has 0 radical (unpaired) electrons. The number of aryl methyl sites for hydroxylation is 1. The lowest BCUT2D eigenvalue weighted by atomic mass is 9.93. The first kappa shape index (κ1) is 13.3. The summed E-state index contributed by atoms with van der Waals surface area (Å²) < 4.78 is 5.49. The van der Waals surface area contributed by atoms with Crippen LogP contribution in [0, 0.1) is 0 Å². The predicted octanol–water partition coefficient (Wildman–Crippen LogP) is 4.26. The third-order valence-corrected chi connectivity index (χ3v) is 2.95. The van der Waals surface area contributed by atoms with Crippen LogP contribution in [0.15, 0.2) is 25.0 Å². The van der Waals surface area contributed by atoms with Gasteiger partial charge >= 0.3 is 0 Å². The number of ether oxygens (including phenoxy) is 1. The molecule has 0 saturated heterocycles. The highest BCUT2D eigenvalue weighted by Crippen LogP contribution is 2.32. The highest BCUT2D eigenvalue weighted by atomic mass is 16.5. The molecule has 0 aliphatic heterocycles. The molecule has 0 unspecified atom stereocenters. The number of rotatable bonds is 5. The van der Waals surface area contributed by atoms with E-state index >= 15 is 0 Å². The Morgan fingerprint density at radius 1 is 1.35 bits per heavy atom. The SMILES string of the molecule is C=C=Cc1c(CC)c(CC)cc(C=C)c1OC.